The molecule has 478 valence electrons. The molecule has 0 unspecified atom stereocenters. The van der Waals surface area contributed by atoms with Crippen molar-refractivity contribution in [2.24, 2.45) is 23.7 Å². The summed E-state index contributed by atoms with van der Waals surface area (Å²) in [5, 5.41) is 20.4. The molecule has 4 N–H and O–H groups in total. The van der Waals surface area contributed by atoms with Gasteiger partial charge in [-0.05, 0) is 87.7 Å². The number of cyclic esters (lactones) is 1. The van der Waals surface area contributed by atoms with Crippen molar-refractivity contribution in [1.29, 1.82) is 0 Å². The van der Waals surface area contributed by atoms with Crippen LogP contribution < -0.4 is 16.0 Å². The summed E-state index contributed by atoms with van der Waals surface area (Å²) >= 11 is 0. The molecule has 21 heteroatoms. The van der Waals surface area contributed by atoms with Crippen LogP contribution in [0.25, 0.3) is 0 Å². The van der Waals surface area contributed by atoms with Gasteiger partial charge in [0.15, 0.2) is 12.1 Å². The second kappa shape index (κ2) is 33.3. The van der Waals surface area contributed by atoms with Gasteiger partial charge in [-0.2, -0.15) is 0 Å². The standard InChI is InChI=1S/C65H100N8O13/c1-16-18-21-34-51(74)85-36-27-32-46-59(78)70(13)52(41(5)6)57(76)67-47(37-40(3)4)61(80)72(15)55(65(10,11)84)64(83)86-54(43(9)17-2)63(82)71(14)53(42(7)8)58(77)68-48(38-44-28-22-19-23-29-44)60(79)69(12)50(39-45-30-24-20-25-31-45)62(81)73-35-26-33-49(73)56(75)66-46/h19-20,22-25,28-31,40-43,46-50,52-55,84H,16-18,21,26-27,32-39H2,1-15H3,(H,66,75)(H,67,76)(H,68,77)/t43-,46-,47+,48+,49+,50+,52+,53+,54+,55-/m1/s1. The summed E-state index contributed by atoms with van der Waals surface area (Å²) in [6.45, 7) is 18.7. The van der Waals surface area contributed by atoms with Gasteiger partial charge in [-0.25, -0.2) is 4.79 Å². The van der Waals surface area contributed by atoms with Gasteiger partial charge in [0.05, 0.1) is 12.2 Å². The third kappa shape index (κ3) is 19.6. The maximum Gasteiger partial charge on any atom is 0.332 e. The molecule has 2 aromatic carbocycles. The highest BCUT2D eigenvalue weighted by molar-refractivity contribution is 5.99. The first kappa shape index (κ1) is 71.6. The van der Waals surface area contributed by atoms with E-state index in [2.05, 4.69) is 16.0 Å². The largest absolute Gasteiger partial charge is 0.466 e. The first-order valence-electron chi connectivity index (χ1n) is 30.9. The number of carbonyl (C=O) groups is 10. The van der Waals surface area contributed by atoms with Crippen LogP contribution in [0.15, 0.2) is 60.7 Å². The van der Waals surface area contributed by atoms with Crippen molar-refractivity contribution >= 4 is 59.2 Å². The molecule has 2 aromatic rings. The lowest BCUT2D eigenvalue weighted by Gasteiger charge is -2.39. The van der Waals surface area contributed by atoms with Crippen molar-refractivity contribution in [3.05, 3.63) is 71.8 Å². The number of benzene rings is 2. The summed E-state index contributed by atoms with van der Waals surface area (Å²) in [6, 6.07) is 7.46. The van der Waals surface area contributed by atoms with Crippen molar-refractivity contribution in [2.75, 3.05) is 41.3 Å². The average Bonchev–Trinajstić information content (AvgIpc) is 1.68. The molecule has 0 bridgehead atoms. The zero-order valence-electron chi connectivity index (χ0n) is 53.8. The summed E-state index contributed by atoms with van der Waals surface area (Å²) in [6.07, 6.45) is 2.11. The summed E-state index contributed by atoms with van der Waals surface area (Å²) in [4.78, 5) is 154. The molecule has 0 radical (unpaired) electrons. The van der Waals surface area contributed by atoms with Gasteiger partial charge in [0, 0.05) is 59.9 Å². The Labute approximate surface area is 510 Å². The van der Waals surface area contributed by atoms with Crippen LogP contribution in [0.1, 0.15) is 151 Å². The van der Waals surface area contributed by atoms with E-state index >= 15 is 19.2 Å². The zero-order valence-corrected chi connectivity index (χ0v) is 53.8. The Morgan fingerprint density at radius 3 is 1.67 bits per heavy atom. The van der Waals surface area contributed by atoms with Crippen molar-refractivity contribution in [3.8, 4) is 0 Å². The zero-order chi connectivity index (χ0) is 64.3. The quantitative estimate of drug-likeness (QED) is 0.104. The molecule has 2 heterocycles. The number of aliphatic hydroxyl groups is 1. The van der Waals surface area contributed by atoms with Gasteiger partial charge in [0.2, 0.25) is 41.4 Å². The van der Waals surface area contributed by atoms with E-state index in [-0.39, 0.29) is 64.0 Å². The third-order valence-corrected chi connectivity index (χ3v) is 16.5. The number of ether oxygens (including phenoxy) is 2. The molecular formula is C65H100N8O13. The Balaban J connectivity index is 1.96. The SMILES string of the molecule is CCCCCC(=O)OCCC[C@H]1NC(=O)[C@@H]2CCCN2C(=O)[C@H](Cc2ccccc2)N(C)C(=O)[C@H](Cc2ccccc2)NC(=O)[C@H](C(C)C)N(C)C(=O)[C@H]([C@H](C)CC)OC(=O)[C@H](C(C)(C)O)N(C)C(=O)[C@H](CC(C)C)NC(=O)[C@H](C(C)C)N(C)C1=O. The van der Waals surface area contributed by atoms with Gasteiger partial charge >= 0.3 is 11.9 Å². The maximum absolute atomic E-state index is 15.4. The summed E-state index contributed by atoms with van der Waals surface area (Å²) in [5.41, 5.74) is -0.630. The average molecular weight is 1200 g/mol. The van der Waals surface area contributed by atoms with Crippen LogP contribution in [0.2, 0.25) is 0 Å². The van der Waals surface area contributed by atoms with E-state index in [1.807, 2.05) is 45.0 Å². The van der Waals surface area contributed by atoms with Crippen molar-refractivity contribution in [3.63, 3.8) is 0 Å². The van der Waals surface area contributed by atoms with E-state index < -0.39 is 137 Å². The second-order valence-electron chi connectivity index (χ2n) is 25.2. The van der Waals surface area contributed by atoms with Crippen molar-refractivity contribution in [1.82, 2.24) is 40.4 Å². The maximum atomic E-state index is 15.4. The molecule has 4 rings (SSSR count). The molecule has 10 atom stereocenters. The molecule has 0 spiro atoms. The predicted octanol–water partition coefficient (Wildman–Crippen LogP) is 5.23. The molecule has 0 saturated carbocycles. The predicted molar refractivity (Wildman–Crippen MR) is 326 cm³/mol. The van der Waals surface area contributed by atoms with Gasteiger partial charge in [-0.3, -0.25) is 43.2 Å². The Morgan fingerprint density at radius 2 is 1.15 bits per heavy atom. The monoisotopic (exact) mass is 1200 g/mol. The van der Waals surface area contributed by atoms with Gasteiger partial charge in [-0.15, -0.1) is 0 Å². The molecule has 0 aliphatic carbocycles. The van der Waals surface area contributed by atoms with E-state index in [0.717, 1.165) is 17.7 Å². The number of likely N-dealkylation sites (N-methyl/N-ethyl adjacent to an activating group) is 4. The van der Waals surface area contributed by atoms with E-state index in [0.29, 0.717) is 30.4 Å². The molecule has 86 heavy (non-hydrogen) atoms. The first-order chi connectivity index (χ1) is 40.5. The van der Waals surface area contributed by atoms with Crippen LogP contribution in [0, 0.1) is 23.7 Å². The lowest BCUT2D eigenvalue weighted by molar-refractivity contribution is -0.177. The van der Waals surface area contributed by atoms with Gasteiger partial charge < -0.3 is 55.0 Å². The number of rotatable bonds is 19. The van der Waals surface area contributed by atoms with Crippen LogP contribution in [-0.2, 0) is 70.3 Å². The number of nitrogens with zero attached hydrogens (tertiary/aromatic N) is 5. The lowest BCUT2D eigenvalue weighted by atomic mass is 9.94. The van der Waals surface area contributed by atoms with E-state index in [9.17, 15) is 33.9 Å². The summed E-state index contributed by atoms with van der Waals surface area (Å²) in [7, 11) is 5.57. The minimum absolute atomic E-state index is 0.00972. The fraction of sp³-hybridized carbons (Fsp3) is 0.662. The fourth-order valence-electron chi connectivity index (χ4n) is 11.6. The topological polar surface area (TPSA) is 262 Å². The molecule has 2 saturated heterocycles. The molecular weight excluding hydrogens is 1100 g/mol. The Kier molecular flexibility index (Phi) is 27.7. The van der Waals surface area contributed by atoms with Crippen LogP contribution >= 0.6 is 0 Å². The van der Waals surface area contributed by atoms with Crippen LogP contribution in [0.4, 0.5) is 0 Å². The normalized spacial score (nSPS) is 24.8. The third-order valence-electron chi connectivity index (χ3n) is 16.5. The van der Waals surface area contributed by atoms with Gasteiger partial charge in [-0.1, -0.05) is 136 Å². The summed E-state index contributed by atoms with van der Waals surface area (Å²) in [5.74, 6) is -9.16. The molecule has 21 nitrogen and oxygen atoms in total. The lowest BCUT2D eigenvalue weighted by Crippen LogP contribution is -2.62. The van der Waals surface area contributed by atoms with Crippen LogP contribution in [-0.4, -0.2) is 190 Å². The van der Waals surface area contributed by atoms with E-state index in [1.54, 1.807) is 77.9 Å². The molecule has 2 aliphatic heterocycles. The molecule has 8 amide bonds. The highest BCUT2D eigenvalue weighted by Gasteiger charge is 2.48. The van der Waals surface area contributed by atoms with Crippen LogP contribution in [0.5, 0.6) is 0 Å². The number of fused-ring (bicyclic) bond motifs is 1. The van der Waals surface area contributed by atoms with Crippen molar-refractivity contribution < 1.29 is 62.5 Å². The first-order valence-corrected chi connectivity index (χ1v) is 30.9. The highest BCUT2D eigenvalue weighted by Crippen LogP contribution is 2.27. The molecule has 0 aromatic heterocycles. The number of esters is 2. The Morgan fingerprint density at radius 1 is 0.640 bits per heavy atom. The smallest absolute Gasteiger partial charge is 0.332 e. The van der Waals surface area contributed by atoms with E-state index in [1.165, 1.54) is 61.6 Å². The fourth-order valence-corrected chi connectivity index (χ4v) is 11.6. The van der Waals surface area contributed by atoms with E-state index in [4.69, 9.17) is 9.47 Å². The van der Waals surface area contributed by atoms with Gasteiger partial charge in [0.1, 0.15) is 42.3 Å². The number of carbonyl (C=O) groups excluding carboxylic acids is 10. The van der Waals surface area contributed by atoms with Crippen molar-refractivity contribution in [2.45, 2.75) is 213 Å². The number of amides is 8. The number of hydrogen-bond acceptors (Lipinski definition) is 13. The van der Waals surface area contributed by atoms with Crippen LogP contribution in [0.3, 0.4) is 0 Å². The molecule has 2 fully saturated rings. The summed E-state index contributed by atoms with van der Waals surface area (Å²) < 4.78 is 11.6. The minimum Gasteiger partial charge on any atom is -0.466 e. The highest BCUT2D eigenvalue weighted by atomic mass is 16.6. The Bertz CT molecular complexity index is 2610. The number of nitrogens with one attached hydrogen (secondary N) is 3. The Hall–Kier alpha value is -6.90. The molecule has 2 aliphatic rings. The minimum atomic E-state index is -2.00. The number of unbranched alkanes of at least 4 members (excludes halogenated alkanes) is 2. The second-order valence-corrected chi connectivity index (χ2v) is 25.2. The number of hydrogen-bond donors (Lipinski definition) is 4. The van der Waals surface area contributed by atoms with Gasteiger partial charge in [0.25, 0.3) is 5.91 Å².